The Morgan fingerprint density at radius 3 is 2.12 bits per heavy atom. The zero-order valence-corrected chi connectivity index (χ0v) is 18.6. The summed E-state index contributed by atoms with van der Waals surface area (Å²) in [7, 11) is 0. The molecular weight excluding hydrogens is 403 g/mol. The third kappa shape index (κ3) is 6.27. The molecule has 0 spiro atoms. The van der Waals surface area contributed by atoms with Gasteiger partial charge in [-0.3, -0.25) is 9.59 Å². The van der Waals surface area contributed by atoms with Crippen LogP contribution in [0.2, 0.25) is 0 Å². The molecule has 0 aliphatic carbocycles. The maximum atomic E-state index is 13.4. The quantitative estimate of drug-likeness (QED) is 0.482. The molecule has 0 atom stereocenters. The molecule has 0 saturated heterocycles. The number of carbonyl (C=O) groups is 2. The molecule has 3 aromatic carbocycles. The molecule has 32 heavy (non-hydrogen) atoms. The van der Waals surface area contributed by atoms with Crippen molar-refractivity contribution in [2.24, 2.45) is 0 Å². The second-order valence-electron chi connectivity index (χ2n) is 7.86. The number of rotatable bonds is 9. The monoisotopic (exact) mass is 432 g/mol. The van der Waals surface area contributed by atoms with Crippen LogP contribution in [0.25, 0.3) is 0 Å². The van der Waals surface area contributed by atoms with Gasteiger partial charge in [0.25, 0.3) is 11.8 Å². The SMILES string of the molecule is CCCCc1ccc(C(=O)NCCN(C(=O)c2ccc(C)cc2)c2ccc(F)cc2)cc1. The van der Waals surface area contributed by atoms with Crippen molar-refractivity contribution in [3.63, 3.8) is 0 Å². The average molecular weight is 433 g/mol. The van der Waals surface area contributed by atoms with E-state index < -0.39 is 0 Å². The Bertz CT molecular complexity index is 1030. The molecule has 0 aliphatic heterocycles. The van der Waals surface area contributed by atoms with Gasteiger partial charge in [0.1, 0.15) is 5.82 Å². The summed E-state index contributed by atoms with van der Waals surface area (Å²) in [5.74, 6) is -0.757. The molecule has 166 valence electrons. The summed E-state index contributed by atoms with van der Waals surface area (Å²) in [6.45, 7) is 4.64. The Kier molecular flexibility index (Phi) is 8.14. The number of amides is 2. The summed E-state index contributed by atoms with van der Waals surface area (Å²) in [5, 5.41) is 2.88. The van der Waals surface area contributed by atoms with Crippen molar-refractivity contribution in [1.29, 1.82) is 0 Å². The van der Waals surface area contributed by atoms with Gasteiger partial charge in [0.15, 0.2) is 0 Å². The smallest absolute Gasteiger partial charge is 0.258 e. The lowest BCUT2D eigenvalue weighted by Gasteiger charge is -2.23. The van der Waals surface area contributed by atoms with Crippen molar-refractivity contribution in [1.82, 2.24) is 5.32 Å². The second kappa shape index (κ2) is 11.2. The first-order valence-corrected chi connectivity index (χ1v) is 11.0. The Morgan fingerprint density at radius 2 is 1.50 bits per heavy atom. The van der Waals surface area contributed by atoms with Gasteiger partial charge >= 0.3 is 0 Å². The predicted octanol–water partition coefficient (Wildman–Crippen LogP) is 5.55. The third-order valence-corrected chi connectivity index (χ3v) is 5.34. The van der Waals surface area contributed by atoms with Crippen molar-refractivity contribution in [2.45, 2.75) is 33.1 Å². The number of nitrogens with one attached hydrogen (secondary N) is 1. The summed E-state index contributed by atoms with van der Waals surface area (Å²) in [6, 6.07) is 20.7. The summed E-state index contributed by atoms with van der Waals surface area (Å²) in [4.78, 5) is 27.2. The minimum absolute atomic E-state index is 0.186. The molecule has 4 nitrogen and oxygen atoms in total. The molecule has 0 aromatic heterocycles. The van der Waals surface area contributed by atoms with E-state index >= 15 is 0 Å². The van der Waals surface area contributed by atoms with Crippen LogP contribution in [0.1, 0.15) is 51.6 Å². The normalized spacial score (nSPS) is 10.6. The molecule has 0 aliphatic rings. The van der Waals surface area contributed by atoms with E-state index in [0.717, 1.165) is 24.8 Å². The van der Waals surface area contributed by atoms with Crippen LogP contribution in [0, 0.1) is 12.7 Å². The molecule has 0 heterocycles. The van der Waals surface area contributed by atoms with Crippen LogP contribution in [-0.2, 0) is 6.42 Å². The first-order valence-electron chi connectivity index (χ1n) is 11.0. The number of halogens is 1. The van der Waals surface area contributed by atoms with Gasteiger partial charge in [0.05, 0.1) is 0 Å². The highest BCUT2D eigenvalue weighted by molar-refractivity contribution is 6.06. The molecule has 0 saturated carbocycles. The van der Waals surface area contributed by atoms with E-state index in [2.05, 4.69) is 12.2 Å². The van der Waals surface area contributed by atoms with Gasteiger partial charge in [-0.2, -0.15) is 0 Å². The fourth-order valence-electron chi connectivity index (χ4n) is 3.41. The predicted molar refractivity (Wildman–Crippen MR) is 127 cm³/mol. The van der Waals surface area contributed by atoms with Crippen LogP contribution in [0.15, 0.2) is 72.8 Å². The van der Waals surface area contributed by atoms with Gasteiger partial charge in [0, 0.05) is 29.9 Å². The molecule has 3 aromatic rings. The Labute approximate surface area is 189 Å². The van der Waals surface area contributed by atoms with Gasteiger partial charge < -0.3 is 10.2 Å². The fraction of sp³-hybridized carbons (Fsp3) is 0.259. The number of aryl methyl sites for hydroxylation is 2. The highest BCUT2D eigenvalue weighted by atomic mass is 19.1. The van der Waals surface area contributed by atoms with E-state index in [4.69, 9.17) is 0 Å². The van der Waals surface area contributed by atoms with E-state index in [1.807, 2.05) is 43.3 Å². The van der Waals surface area contributed by atoms with Gasteiger partial charge in [-0.05, 0) is 73.9 Å². The topological polar surface area (TPSA) is 49.4 Å². The van der Waals surface area contributed by atoms with Crippen LogP contribution < -0.4 is 10.2 Å². The van der Waals surface area contributed by atoms with Crippen LogP contribution in [0.3, 0.4) is 0 Å². The largest absolute Gasteiger partial charge is 0.350 e. The standard InChI is InChI=1S/C27H29FN2O2/c1-3-4-5-21-8-12-22(13-9-21)26(31)29-18-19-30(25-16-14-24(28)15-17-25)27(32)23-10-6-20(2)7-11-23/h6-17H,3-5,18-19H2,1-2H3,(H,29,31). The minimum Gasteiger partial charge on any atom is -0.350 e. The van der Waals surface area contributed by atoms with E-state index in [9.17, 15) is 14.0 Å². The second-order valence-corrected chi connectivity index (χ2v) is 7.86. The van der Waals surface area contributed by atoms with Crippen molar-refractivity contribution in [3.05, 3.63) is 101 Å². The average Bonchev–Trinajstić information content (AvgIpc) is 2.81. The summed E-state index contributed by atoms with van der Waals surface area (Å²) >= 11 is 0. The molecule has 0 radical (unpaired) electrons. The van der Waals surface area contributed by atoms with Crippen molar-refractivity contribution in [3.8, 4) is 0 Å². The Balaban J connectivity index is 1.67. The Hall–Kier alpha value is -3.47. The van der Waals surface area contributed by atoms with Crippen molar-refractivity contribution >= 4 is 17.5 Å². The lowest BCUT2D eigenvalue weighted by Crippen LogP contribution is -2.38. The van der Waals surface area contributed by atoms with Crippen LogP contribution in [0.4, 0.5) is 10.1 Å². The molecule has 0 bridgehead atoms. The number of anilines is 1. The van der Waals surface area contributed by atoms with Gasteiger partial charge in [-0.15, -0.1) is 0 Å². The number of hydrogen-bond acceptors (Lipinski definition) is 2. The molecule has 2 amide bonds. The Morgan fingerprint density at radius 1 is 0.875 bits per heavy atom. The zero-order valence-electron chi connectivity index (χ0n) is 18.6. The van der Waals surface area contributed by atoms with E-state index in [-0.39, 0.29) is 30.7 Å². The van der Waals surface area contributed by atoms with Crippen LogP contribution in [0.5, 0.6) is 0 Å². The van der Waals surface area contributed by atoms with E-state index in [1.165, 1.54) is 17.7 Å². The number of hydrogen-bond donors (Lipinski definition) is 1. The third-order valence-electron chi connectivity index (χ3n) is 5.34. The summed E-state index contributed by atoms with van der Waals surface area (Å²) < 4.78 is 13.4. The molecule has 0 unspecified atom stereocenters. The molecule has 3 rings (SSSR count). The fourth-order valence-corrected chi connectivity index (χ4v) is 3.41. The zero-order chi connectivity index (χ0) is 22.9. The van der Waals surface area contributed by atoms with Gasteiger partial charge in [-0.1, -0.05) is 43.2 Å². The highest BCUT2D eigenvalue weighted by Crippen LogP contribution is 2.18. The first-order chi connectivity index (χ1) is 15.5. The van der Waals surface area contributed by atoms with E-state index in [0.29, 0.717) is 16.8 Å². The lowest BCUT2D eigenvalue weighted by molar-refractivity contribution is 0.0943. The first kappa shape index (κ1) is 23.2. The van der Waals surface area contributed by atoms with Crippen molar-refractivity contribution in [2.75, 3.05) is 18.0 Å². The number of nitrogens with zero attached hydrogens (tertiary/aromatic N) is 1. The summed E-state index contributed by atoms with van der Waals surface area (Å²) in [5.41, 5.74) is 3.97. The highest BCUT2D eigenvalue weighted by Gasteiger charge is 2.18. The number of unbranched alkanes of at least 4 members (excludes halogenated alkanes) is 1. The number of carbonyl (C=O) groups excluding carboxylic acids is 2. The maximum absolute atomic E-state index is 13.4. The van der Waals surface area contributed by atoms with Crippen LogP contribution >= 0.6 is 0 Å². The molecular formula is C27H29FN2O2. The van der Waals surface area contributed by atoms with Gasteiger partial charge in [-0.25, -0.2) is 4.39 Å². The molecule has 5 heteroatoms. The summed E-state index contributed by atoms with van der Waals surface area (Å²) in [6.07, 6.45) is 3.26. The minimum atomic E-state index is -0.368. The maximum Gasteiger partial charge on any atom is 0.258 e. The molecule has 0 fully saturated rings. The lowest BCUT2D eigenvalue weighted by atomic mass is 10.1. The number of benzene rings is 3. The van der Waals surface area contributed by atoms with E-state index in [1.54, 1.807) is 29.2 Å². The van der Waals surface area contributed by atoms with Crippen molar-refractivity contribution < 1.29 is 14.0 Å². The van der Waals surface area contributed by atoms with Crippen LogP contribution in [-0.4, -0.2) is 24.9 Å². The van der Waals surface area contributed by atoms with Gasteiger partial charge in [0.2, 0.25) is 0 Å². The molecule has 1 N–H and O–H groups in total.